The van der Waals surface area contributed by atoms with E-state index >= 15 is 0 Å². The molecule has 0 fully saturated rings. The highest BCUT2D eigenvalue weighted by Crippen LogP contribution is 2.35. The van der Waals surface area contributed by atoms with Crippen LogP contribution in [0.2, 0.25) is 0 Å². The smallest absolute Gasteiger partial charge is 0.279 e. The lowest BCUT2D eigenvalue weighted by Crippen LogP contribution is -2.41. The minimum absolute atomic E-state index is 0.313. The predicted molar refractivity (Wildman–Crippen MR) is 111 cm³/mol. The lowest BCUT2D eigenvalue weighted by Gasteiger charge is -2.18. The first-order valence-corrected chi connectivity index (χ1v) is 10.7. The summed E-state index contributed by atoms with van der Waals surface area (Å²) in [6.07, 6.45) is 5.78. The lowest BCUT2D eigenvalue weighted by molar-refractivity contribution is 0.0849. The monoisotopic (exact) mass is 424 g/mol. The molecular formula is C21H20N4O4S. The first kappa shape index (κ1) is 18.7. The number of fused-ring (bicyclic) bond motifs is 2. The van der Waals surface area contributed by atoms with E-state index in [0.29, 0.717) is 40.8 Å². The maximum absolute atomic E-state index is 12.7. The number of carbonyl (C=O) groups excluding carboxylic acids is 2. The van der Waals surface area contributed by atoms with Gasteiger partial charge < -0.3 is 9.47 Å². The van der Waals surface area contributed by atoms with E-state index in [4.69, 9.17) is 9.47 Å². The number of hydrazine groups is 1. The highest BCUT2D eigenvalue weighted by molar-refractivity contribution is 7.14. The summed E-state index contributed by atoms with van der Waals surface area (Å²) in [5.41, 5.74) is 7.83. The van der Waals surface area contributed by atoms with Gasteiger partial charge in [0.05, 0.1) is 22.3 Å². The van der Waals surface area contributed by atoms with E-state index in [1.807, 2.05) is 12.1 Å². The molecule has 1 aromatic carbocycles. The molecule has 1 aliphatic carbocycles. The Morgan fingerprint density at radius 3 is 2.67 bits per heavy atom. The highest BCUT2D eigenvalue weighted by atomic mass is 32.1. The molecule has 0 unspecified atom stereocenters. The Labute approximate surface area is 176 Å². The van der Waals surface area contributed by atoms with Crippen molar-refractivity contribution in [3.05, 3.63) is 51.3 Å². The van der Waals surface area contributed by atoms with Crippen LogP contribution < -0.4 is 20.3 Å². The number of ether oxygens (including phenoxy) is 2. The van der Waals surface area contributed by atoms with Gasteiger partial charge in [0.1, 0.15) is 13.2 Å². The standard InChI is InChI=1S/C21H20N4O4S/c26-20(24-25-21(27)18-10-12-3-1-2-4-17(12)30-18)14-11-22-23-19(14)13-5-6-15-16(9-13)29-8-7-28-15/h5-6,9-11H,1-4,7-8H2,(H,22,23)(H,24,26)(H,25,27). The van der Waals surface area contributed by atoms with Crippen molar-refractivity contribution in [1.29, 1.82) is 0 Å². The summed E-state index contributed by atoms with van der Waals surface area (Å²) in [4.78, 5) is 27.0. The van der Waals surface area contributed by atoms with Crippen LogP contribution in [-0.2, 0) is 12.8 Å². The zero-order valence-electron chi connectivity index (χ0n) is 16.1. The lowest BCUT2D eigenvalue weighted by atomic mass is 9.99. The molecular weight excluding hydrogens is 404 g/mol. The van der Waals surface area contributed by atoms with Crippen LogP contribution in [0.3, 0.4) is 0 Å². The summed E-state index contributed by atoms with van der Waals surface area (Å²) in [5.74, 6) is 0.520. The van der Waals surface area contributed by atoms with Crippen LogP contribution in [0, 0.1) is 0 Å². The number of nitrogens with one attached hydrogen (secondary N) is 3. The molecule has 30 heavy (non-hydrogen) atoms. The third-order valence-electron chi connectivity index (χ3n) is 5.22. The number of aryl methyl sites for hydroxylation is 2. The van der Waals surface area contributed by atoms with Crippen molar-refractivity contribution in [2.75, 3.05) is 13.2 Å². The van der Waals surface area contributed by atoms with Crippen LogP contribution in [0.25, 0.3) is 11.3 Å². The number of amides is 2. The fraction of sp³-hybridized carbons (Fsp3) is 0.286. The summed E-state index contributed by atoms with van der Waals surface area (Å²) < 4.78 is 11.1. The van der Waals surface area contributed by atoms with Gasteiger partial charge in [0, 0.05) is 10.4 Å². The summed E-state index contributed by atoms with van der Waals surface area (Å²) in [5, 5.41) is 6.84. The Kier molecular flexibility index (Phi) is 4.88. The molecule has 2 aliphatic rings. The first-order valence-electron chi connectivity index (χ1n) is 9.85. The van der Waals surface area contributed by atoms with Gasteiger partial charge in [0.2, 0.25) is 0 Å². The molecule has 3 aromatic rings. The van der Waals surface area contributed by atoms with Crippen molar-refractivity contribution in [2.45, 2.75) is 25.7 Å². The van der Waals surface area contributed by atoms with E-state index in [2.05, 4.69) is 21.0 Å². The predicted octanol–water partition coefficient (Wildman–Crippen LogP) is 2.86. The largest absolute Gasteiger partial charge is 0.486 e. The molecule has 0 saturated heterocycles. The molecule has 154 valence electrons. The van der Waals surface area contributed by atoms with Crippen LogP contribution in [0.1, 0.15) is 43.3 Å². The number of rotatable bonds is 3. The van der Waals surface area contributed by atoms with Gasteiger partial charge in [0.25, 0.3) is 11.8 Å². The first-order chi connectivity index (χ1) is 14.7. The molecule has 2 aromatic heterocycles. The van der Waals surface area contributed by atoms with Crippen molar-refractivity contribution in [3.63, 3.8) is 0 Å². The third-order valence-corrected chi connectivity index (χ3v) is 6.46. The zero-order valence-corrected chi connectivity index (χ0v) is 16.9. The molecule has 0 spiro atoms. The quantitative estimate of drug-likeness (QED) is 0.561. The van der Waals surface area contributed by atoms with E-state index < -0.39 is 5.91 Å². The van der Waals surface area contributed by atoms with Crippen LogP contribution in [-0.4, -0.2) is 35.2 Å². The Balaban J connectivity index is 1.29. The Bertz CT molecular complexity index is 1100. The van der Waals surface area contributed by atoms with Crippen molar-refractivity contribution in [3.8, 4) is 22.8 Å². The van der Waals surface area contributed by atoms with E-state index in [0.717, 1.165) is 31.2 Å². The maximum Gasteiger partial charge on any atom is 0.279 e. The average Bonchev–Trinajstić information content (AvgIpc) is 3.44. The van der Waals surface area contributed by atoms with Crippen molar-refractivity contribution in [2.24, 2.45) is 0 Å². The minimum Gasteiger partial charge on any atom is -0.486 e. The molecule has 0 atom stereocenters. The number of hydrogen-bond acceptors (Lipinski definition) is 6. The molecule has 3 heterocycles. The molecule has 2 amide bonds. The van der Waals surface area contributed by atoms with Gasteiger partial charge in [-0.1, -0.05) is 0 Å². The van der Waals surface area contributed by atoms with Gasteiger partial charge in [0.15, 0.2) is 11.5 Å². The van der Waals surface area contributed by atoms with Crippen LogP contribution in [0.15, 0.2) is 30.5 Å². The third kappa shape index (κ3) is 3.52. The summed E-state index contributed by atoms with van der Waals surface area (Å²) in [7, 11) is 0. The SMILES string of the molecule is O=C(NNC(=O)c1cn[nH]c1-c1ccc2c(c1)OCCO2)c1cc2c(s1)CCCC2. The van der Waals surface area contributed by atoms with E-state index in [9.17, 15) is 9.59 Å². The highest BCUT2D eigenvalue weighted by Gasteiger charge is 2.21. The fourth-order valence-corrected chi connectivity index (χ4v) is 4.87. The van der Waals surface area contributed by atoms with Crippen LogP contribution >= 0.6 is 11.3 Å². The number of aromatic amines is 1. The molecule has 1 aliphatic heterocycles. The maximum atomic E-state index is 12.7. The minimum atomic E-state index is -0.455. The van der Waals surface area contributed by atoms with Gasteiger partial charge in [-0.2, -0.15) is 5.10 Å². The number of aromatic nitrogens is 2. The van der Waals surface area contributed by atoms with Gasteiger partial charge >= 0.3 is 0 Å². The van der Waals surface area contributed by atoms with E-state index in [-0.39, 0.29) is 5.91 Å². The zero-order chi connectivity index (χ0) is 20.5. The molecule has 0 saturated carbocycles. The van der Waals surface area contributed by atoms with E-state index in [1.165, 1.54) is 28.0 Å². The second-order valence-electron chi connectivity index (χ2n) is 7.19. The molecule has 0 bridgehead atoms. The molecule has 3 N–H and O–H groups in total. The average molecular weight is 424 g/mol. The van der Waals surface area contributed by atoms with Gasteiger partial charge in [-0.05, 0) is 55.5 Å². The Morgan fingerprint density at radius 2 is 1.80 bits per heavy atom. The number of H-pyrrole nitrogens is 1. The fourth-order valence-electron chi connectivity index (χ4n) is 3.72. The number of carbonyl (C=O) groups is 2. The normalized spacial score (nSPS) is 14.7. The summed E-state index contributed by atoms with van der Waals surface area (Å²) >= 11 is 1.50. The molecule has 0 radical (unpaired) electrons. The number of nitrogens with zero attached hydrogens (tertiary/aromatic N) is 1. The molecule has 5 rings (SSSR count). The van der Waals surface area contributed by atoms with Crippen molar-refractivity contribution < 1.29 is 19.1 Å². The van der Waals surface area contributed by atoms with Gasteiger partial charge in [-0.25, -0.2) is 0 Å². The number of hydrogen-bond donors (Lipinski definition) is 3. The van der Waals surface area contributed by atoms with Gasteiger partial charge in [-0.15, -0.1) is 11.3 Å². The second-order valence-corrected chi connectivity index (χ2v) is 8.33. The Hall–Kier alpha value is -3.33. The second kappa shape index (κ2) is 7.83. The molecule has 9 heteroatoms. The van der Waals surface area contributed by atoms with Crippen molar-refractivity contribution >= 4 is 23.2 Å². The van der Waals surface area contributed by atoms with Gasteiger partial charge in [-0.3, -0.25) is 25.5 Å². The topological polar surface area (TPSA) is 105 Å². The van der Waals surface area contributed by atoms with Crippen molar-refractivity contribution in [1.82, 2.24) is 21.0 Å². The Morgan fingerprint density at radius 1 is 1.00 bits per heavy atom. The number of thiophene rings is 1. The summed E-state index contributed by atoms with van der Waals surface area (Å²) in [6.45, 7) is 0.988. The van der Waals surface area contributed by atoms with Crippen LogP contribution in [0.4, 0.5) is 0 Å². The van der Waals surface area contributed by atoms with Crippen LogP contribution in [0.5, 0.6) is 11.5 Å². The van der Waals surface area contributed by atoms with E-state index in [1.54, 1.807) is 12.1 Å². The summed E-state index contributed by atoms with van der Waals surface area (Å²) in [6, 6.07) is 7.35. The molecule has 8 nitrogen and oxygen atoms in total. The number of benzene rings is 1.